The van der Waals surface area contributed by atoms with Gasteiger partial charge in [-0.2, -0.15) is 15.0 Å². The molecule has 0 fully saturated rings. The molecule has 29 heavy (non-hydrogen) atoms. The van der Waals surface area contributed by atoms with Gasteiger partial charge in [-0.1, -0.05) is 30.3 Å². The van der Waals surface area contributed by atoms with Gasteiger partial charge in [-0.3, -0.25) is 4.79 Å². The van der Waals surface area contributed by atoms with E-state index in [0.29, 0.717) is 17.9 Å². The molecule has 148 valence electrons. The summed E-state index contributed by atoms with van der Waals surface area (Å²) in [4.78, 5) is 26.0. The average Bonchev–Trinajstić information content (AvgIpc) is 3.16. The van der Waals surface area contributed by atoms with Gasteiger partial charge in [-0.25, -0.2) is 0 Å². The number of nitrogen functional groups attached to an aromatic ring is 1. The topological polar surface area (TPSA) is 112 Å². The van der Waals surface area contributed by atoms with Crippen molar-refractivity contribution >= 4 is 35.3 Å². The van der Waals surface area contributed by atoms with E-state index in [9.17, 15) is 4.79 Å². The molecule has 1 aromatic heterocycles. The highest BCUT2D eigenvalue weighted by Crippen LogP contribution is 2.37. The predicted molar refractivity (Wildman–Crippen MR) is 110 cm³/mol. The first kappa shape index (κ1) is 19.0. The molecule has 0 aliphatic carbocycles. The highest BCUT2D eigenvalue weighted by molar-refractivity contribution is 8.01. The number of rotatable bonds is 6. The number of methoxy groups -OCH3 is 1. The molecule has 0 spiro atoms. The van der Waals surface area contributed by atoms with Crippen LogP contribution in [0.5, 0.6) is 5.75 Å². The molecule has 0 saturated carbocycles. The Morgan fingerprint density at radius 3 is 2.79 bits per heavy atom. The predicted octanol–water partition coefficient (Wildman–Crippen LogP) is 2.97. The Hall–Kier alpha value is -3.33. The summed E-state index contributed by atoms with van der Waals surface area (Å²) in [6, 6.07) is 15.3. The van der Waals surface area contributed by atoms with Crippen LogP contribution in [-0.4, -0.2) is 33.3 Å². The molecule has 0 bridgehead atoms. The third kappa shape index (κ3) is 4.40. The van der Waals surface area contributed by atoms with Gasteiger partial charge in [0.1, 0.15) is 11.0 Å². The third-order valence-corrected chi connectivity index (χ3v) is 5.60. The quantitative estimate of drug-likeness (QED) is 0.593. The Morgan fingerprint density at radius 1 is 1.17 bits per heavy atom. The minimum atomic E-state index is -0.301. The second kappa shape index (κ2) is 8.36. The zero-order valence-electron chi connectivity index (χ0n) is 15.7. The van der Waals surface area contributed by atoms with Crippen molar-refractivity contribution in [2.75, 3.05) is 18.2 Å². The summed E-state index contributed by atoms with van der Waals surface area (Å²) in [6.45, 7) is -0.0838. The van der Waals surface area contributed by atoms with E-state index in [0.717, 1.165) is 10.5 Å². The number of nitrogens with one attached hydrogen (secondary N) is 1. The van der Waals surface area contributed by atoms with Crippen LogP contribution >= 0.6 is 11.8 Å². The van der Waals surface area contributed by atoms with E-state index >= 15 is 0 Å². The first-order chi connectivity index (χ1) is 14.1. The fourth-order valence-corrected chi connectivity index (χ4v) is 4.16. The molecular weight excluding hydrogens is 390 g/mol. The van der Waals surface area contributed by atoms with E-state index in [1.807, 2.05) is 48.5 Å². The van der Waals surface area contributed by atoms with Gasteiger partial charge >= 0.3 is 5.97 Å². The van der Waals surface area contributed by atoms with Crippen molar-refractivity contribution in [1.82, 2.24) is 15.0 Å². The molecule has 2 heterocycles. The zero-order chi connectivity index (χ0) is 20.2. The van der Waals surface area contributed by atoms with Gasteiger partial charge < -0.3 is 20.5 Å². The number of fused-ring (bicyclic) bond motifs is 1. The van der Waals surface area contributed by atoms with Gasteiger partial charge in [0.2, 0.25) is 11.9 Å². The molecule has 3 N–H and O–H groups in total. The number of ether oxygens (including phenoxy) is 2. The van der Waals surface area contributed by atoms with Crippen molar-refractivity contribution in [3.8, 4) is 5.75 Å². The molecule has 0 amide bonds. The lowest BCUT2D eigenvalue weighted by Crippen LogP contribution is -2.20. The minimum Gasteiger partial charge on any atom is -0.495 e. The van der Waals surface area contributed by atoms with Crippen molar-refractivity contribution in [3.05, 3.63) is 59.9 Å². The molecule has 2 aromatic carbocycles. The number of carbonyl (C=O) groups is 1. The average molecular weight is 409 g/mol. The van der Waals surface area contributed by atoms with Crippen LogP contribution in [0, 0.1) is 0 Å². The number of benzene rings is 2. The normalized spacial score (nSPS) is 14.9. The van der Waals surface area contributed by atoms with Crippen LogP contribution in [-0.2, 0) is 22.6 Å². The number of nitrogens with two attached hydrogens (primary N) is 1. The number of hydrogen-bond donors (Lipinski definition) is 2. The van der Waals surface area contributed by atoms with Crippen LogP contribution < -0.4 is 15.8 Å². The zero-order valence-corrected chi connectivity index (χ0v) is 16.5. The minimum absolute atomic E-state index is 0.0334. The fraction of sp³-hybridized carbons (Fsp3) is 0.200. The molecule has 1 aliphatic heterocycles. The van der Waals surface area contributed by atoms with E-state index in [1.165, 1.54) is 11.8 Å². The fourth-order valence-electron chi connectivity index (χ4n) is 2.97. The highest BCUT2D eigenvalue weighted by Gasteiger charge is 2.29. The Labute approximate surface area is 171 Å². The summed E-state index contributed by atoms with van der Waals surface area (Å²) >= 11 is 1.51. The van der Waals surface area contributed by atoms with E-state index < -0.39 is 0 Å². The number of aromatic nitrogens is 3. The summed E-state index contributed by atoms with van der Waals surface area (Å²) < 4.78 is 10.7. The maximum Gasteiger partial charge on any atom is 0.320 e. The number of para-hydroxylation sites is 2. The van der Waals surface area contributed by atoms with Crippen LogP contribution in [0.2, 0.25) is 0 Å². The second-order valence-electron chi connectivity index (χ2n) is 6.28. The van der Waals surface area contributed by atoms with Crippen molar-refractivity contribution < 1.29 is 14.3 Å². The highest BCUT2D eigenvalue weighted by atomic mass is 32.2. The molecular formula is C20H19N5O3S. The number of esters is 1. The summed E-state index contributed by atoms with van der Waals surface area (Å²) in [7, 11) is 1.58. The molecule has 8 nitrogen and oxygen atoms in total. The van der Waals surface area contributed by atoms with E-state index in [4.69, 9.17) is 15.2 Å². The molecule has 0 unspecified atom stereocenters. The van der Waals surface area contributed by atoms with Gasteiger partial charge in [0.15, 0.2) is 12.4 Å². The largest absolute Gasteiger partial charge is 0.495 e. The van der Waals surface area contributed by atoms with E-state index in [-0.39, 0.29) is 35.5 Å². The lowest BCUT2D eigenvalue weighted by Gasteiger charge is -2.11. The van der Waals surface area contributed by atoms with Crippen molar-refractivity contribution in [1.29, 1.82) is 0 Å². The lowest BCUT2D eigenvalue weighted by molar-refractivity contribution is -0.144. The Bertz CT molecular complexity index is 1020. The van der Waals surface area contributed by atoms with Crippen LogP contribution in [0.4, 0.5) is 17.6 Å². The molecule has 1 aliphatic rings. The SMILES string of the molecule is COc1ccccc1Nc1nc(N)nc(COC(=O)[C@H]2Cc3ccccc3S2)n1. The molecule has 0 radical (unpaired) electrons. The van der Waals surface area contributed by atoms with Crippen molar-refractivity contribution in [3.63, 3.8) is 0 Å². The van der Waals surface area contributed by atoms with E-state index in [2.05, 4.69) is 20.3 Å². The van der Waals surface area contributed by atoms with E-state index in [1.54, 1.807) is 7.11 Å². The van der Waals surface area contributed by atoms with Gasteiger partial charge in [-0.05, 0) is 30.2 Å². The lowest BCUT2D eigenvalue weighted by atomic mass is 10.1. The van der Waals surface area contributed by atoms with Gasteiger partial charge in [0, 0.05) is 4.90 Å². The third-order valence-electron chi connectivity index (χ3n) is 4.31. The number of nitrogens with zero attached hydrogens (tertiary/aromatic N) is 3. The standard InChI is InChI=1S/C20H19N5O3S/c1-27-14-8-4-3-7-13(14)22-20-24-17(23-19(21)25-20)11-28-18(26)16-10-12-6-2-5-9-15(12)29-16/h2-9,16H,10-11H2,1H3,(H3,21,22,23,24,25)/t16-/m1/s1. The summed E-state index contributed by atoms with van der Waals surface area (Å²) in [5, 5.41) is 2.78. The maximum atomic E-state index is 12.5. The van der Waals surface area contributed by atoms with Crippen LogP contribution in [0.3, 0.4) is 0 Å². The molecule has 9 heteroatoms. The first-order valence-electron chi connectivity index (χ1n) is 8.94. The van der Waals surface area contributed by atoms with Gasteiger partial charge in [-0.15, -0.1) is 11.8 Å². The van der Waals surface area contributed by atoms with Crippen molar-refractivity contribution in [2.45, 2.75) is 23.2 Å². The second-order valence-corrected chi connectivity index (χ2v) is 7.53. The van der Waals surface area contributed by atoms with Crippen LogP contribution in [0.25, 0.3) is 0 Å². The summed E-state index contributed by atoms with van der Waals surface area (Å²) in [5.41, 5.74) is 7.63. The molecule has 3 aromatic rings. The smallest absolute Gasteiger partial charge is 0.320 e. The number of thioether (sulfide) groups is 1. The number of hydrogen-bond acceptors (Lipinski definition) is 9. The molecule has 0 saturated heterocycles. The summed E-state index contributed by atoms with van der Waals surface area (Å²) in [5.74, 6) is 0.882. The molecule has 1 atom stereocenters. The van der Waals surface area contributed by atoms with Crippen LogP contribution in [0.1, 0.15) is 11.4 Å². The first-order valence-corrected chi connectivity index (χ1v) is 9.82. The maximum absolute atomic E-state index is 12.5. The number of anilines is 3. The Kier molecular flexibility index (Phi) is 5.48. The van der Waals surface area contributed by atoms with Gasteiger partial charge in [0.05, 0.1) is 12.8 Å². The Morgan fingerprint density at radius 2 is 1.97 bits per heavy atom. The monoisotopic (exact) mass is 409 g/mol. The molecule has 4 rings (SSSR count). The summed E-state index contributed by atoms with van der Waals surface area (Å²) in [6.07, 6.45) is 0.652. The number of carbonyl (C=O) groups excluding carboxylic acids is 1. The Balaban J connectivity index is 1.41. The van der Waals surface area contributed by atoms with Gasteiger partial charge in [0.25, 0.3) is 0 Å². The van der Waals surface area contributed by atoms with Crippen molar-refractivity contribution in [2.24, 2.45) is 0 Å². The van der Waals surface area contributed by atoms with Crippen LogP contribution in [0.15, 0.2) is 53.4 Å².